The molecule has 1 aromatic carbocycles. The van der Waals surface area contributed by atoms with Crippen LogP contribution < -0.4 is 5.73 Å². The lowest BCUT2D eigenvalue weighted by Gasteiger charge is -2.09. The predicted octanol–water partition coefficient (Wildman–Crippen LogP) is 1.73. The van der Waals surface area contributed by atoms with Gasteiger partial charge in [-0.3, -0.25) is 4.79 Å². The topological polar surface area (TPSA) is 52.3 Å². The van der Waals surface area contributed by atoms with Gasteiger partial charge in [0.25, 0.3) is 0 Å². The maximum Gasteiger partial charge on any atom is 0.323 e. The summed E-state index contributed by atoms with van der Waals surface area (Å²) in [4.78, 5) is 11.1. The van der Waals surface area contributed by atoms with Crippen LogP contribution in [0.3, 0.4) is 0 Å². The zero-order valence-corrected chi connectivity index (χ0v) is 10.4. The molecule has 1 rings (SSSR count). The van der Waals surface area contributed by atoms with E-state index in [1.54, 1.807) is 11.8 Å². The Morgan fingerprint density at radius 2 is 2.19 bits per heavy atom. The summed E-state index contributed by atoms with van der Waals surface area (Å²) in [7, 11) is 1.36. The Hall–Kier alpha value is -1.00. The average Bonchev–Trinajstić information content (AvgIpc) is 2.30. The van der Waals surface area contributed by atoms with Crippen molar-refractivity contribution in [2.24, 2.45) is 5.73 Å². The normalized spacial score (nSPS) is 12.2. The molecule has 0 aliphatic heterocycles. The first-order chi connectivity index (χ1) is 7.65. The van der Waals surface area contributed by atoms with Crippen LogP contribution in [0.4, 0.5) is 0 Å². The first-order valence-corrected chi connectivity index (χ1v) is 6.26. The molecule has 0 aliphatic rings. The van der Waals surface area contributed by atoms with Crippen LogP contribution >= 0.6 is 11.8 Å². The number of thioether (sulfide) groups is 1. The summed E-state index contributed by atoms with van der Waals surface area (Å²) in [6.45, 7) is 2.08. The second kappa shape index (κ2) is 6.55. The third kappa shape index (κ3) is 3.87. The van der Waals surface area contributed by atoms with Gasteiger partial charge in [-0.1, -0.05) is 24.3 Å². The van der Waals surface area contributed by atoms with Crippen molar-refractivity contribution in [3.05, 3.63) is 35.4 Å². The minimum absolute atomic E-state index is 0.350. The molecule has 88 valence electrons. The summed E-state index contributed by atoms with van der Waals surface area (Å²) in [5.74, 6) is 1.11. The maximum absolute atomic E-state index is 11.1. The number of ether oxygens (including phenoxy) is 1. The Morgan fingerprint density at radius 3 is 2.81 bits per heavy atom. The van der Waals surface area contributed by atoms with Gasteiger partial charge in [0.1, 0.15) is 6.04 Å². The molecule has 0 heterocycles. The van der Waals surface area contributed by atoms with E-state index in [0.717, 1.165) is 5.75 Å². The van der Waals surface area contributed by atoms with Crippen molar-refractivity contribution in [2.45, 2.75) is 18.7 Å². The fourth-order valence-electron chi connectivity index (χ4n) is 1.29. The Bertz CT molecular complexity index is 355. The van der Waals surface area contributed by atoms with Crippen LogP contribution in [0.1, 0.15) is 11.1 Å². The van der Waals surface area contributed by atoms with Gasteiger partial charge in [-0.15, -0.1) is 0 Å². The number of nitrogens with two attached hydrogens (primary N) is 1. The maximum atomic E-state index is 11.1. The summed E-state index contributed by atoms with van der Waals surface area (Å²) < 4.78 is 4.56. The molecule has 1 atom stereocenters. The monoisotopic (exact) mass is 239 g/mol. The molecule has 1 unspecified atom stereocenters. The molecular weight excluding hydrogens is 222 g/mol. The molecule has 0 bridgehead atoms. The lowest BCUT2D eigenvalue weighted by molar-refractivity contribution is -0.141. The van der Waals surface area contributed by atoms with Crippen molar-refractivity contribution in [1.82, 2.24) is 0 Å². The number of hydrogen-bond donors (Lipinski definition) is 1. The molecule has 0 radical (unpaired) electrons. The number of carbonyl (C=O) groups is 1. The van der Waals surface area contributed by atoms with Gasteiger partial charge in [0.2, 0.25) is 0 Å². The van der Waals surface area contributed by atoms with Crippen molar-refractivity contribution in [2.75, 3.05) is 12.9 Å². The molecule has 1 aromatic rings. The van der Waals surface area contributed by atoms with Crippen LogP contribution in [0.15, 0.2) is 24.3 Å². The Kier molecular flexibility index (Phi) is 5.35. The lowest BCUT2D eigenvalue weighted by Crippen LogP contribution is -2.33. The Labute approximate surface area is 100 Å². The quantitative estimate of drug-likeness (QED) is 0.795. The molecule has 3 nitrogen and oxygen atoms in total. The highest BCUT2D eigenvalue weighted by Crippen LogP contribution is 2.16. The summed E-state index contributed by atoms with van der Waals surface area (Å²) in [6, 6.07) is 7.67. The Balaban J connectivity index is 2.36. The average molecular weight is 239 g/mol. The van der Waals surface area contributed by atoms with Crippen LogP contribution in [0.2, 0.25) is 0 Å². The fourth-order valence-corrected chi connectivity index (χ4v) is 2.34. The molecular formula is C12H17NO2S. The van der Waals surface area contributed by atoms with Gasteiger partial charge >= 0.3 is 5.97 Å². The van der Waals surface area contributed by atoms with Gasteiger partial charge in [-0.2, -0.15) is 11.8 Å². The number of benzene rings is 1. The highest BCUT2D eigenvalue weighted by atomic mass is 32.2. The van der Waals surface area contributed by atoms with Crippen LogP contribution in [-0.4, -0.2) is 24.9 Å². The van der Waals surface area contributed by atoms with Gasteiger partial charge in [0.15, 0.2) is 0 Å². The molecule has 0 aromatic heterocycles. The Morgan fingerprint density at radius 1 is 1.50 bits per heavy atom. The van der Waals surface area contributed by atoms with Gasteiger partial charge < -0.3 is 10.5 Å². The van der Waals surface area contributed by atoms with E-state index in [4.69, 9.17) is 5.73 Å². The zero-order valence-electron chi connectivity index (χ0n) is 9.60. The first-order valence-electron chi connectivity index (χ1n) is 5.11. The summed E-state index contributed by atoms with van der Waals surface area (Å²) in [5, 5.41) is 0. The SMILES string of the molecule is COC(=O)C(N)CSCc1ccccc1C. The smallest absolute Gasteiger partial charge is 0.323 e. The van der Waals surface area contributed by atoms with Gasteiger partial charge in [0, 0.05) is 11.5 Å². The standard InChI is InChI=1S/C12H17NO2S/c1-9-5-3-4-6-10(9)7-16-8-11(13)12(14)15-2/h3-6,11H,7-8,13H2,1-2H3. The number of esters is 1. The van der Waals surface area contributed by atoms with Gasteiger partial charge in [0.05, 0.1) is 7.11 Å². The van der Waals surface area contributed by atoms with E-state index in [1.807, 2.05) is 12.1 Å². The third-order valence-electron chi connectivity index (χ3n) is 2.32. The molecule has 4 heteroatoms. The van der Waals surface area contributed by atoms with Crippen molar-refractivity contribution in [3.8, 4) is 0 Å². The first kappa shape index (κ1) is 13.1. The number of aryl methyl sites for hydroxylation is 1. The zero-order chi connectivity index (χ0) is 12.0. The van der Waals surface area contributed by atoms with Crippen LogP contribution in [0.25, 0.3) is 0 Å². The largest absolute Gasteiger partial charge is 0.468 e. The molecule has 0 fully saturated rings. The molecule has 16 heavy (non-hydrogen) atoms. The van der Waals surface area contributed by atoms with E-state index in [9.17, 15) is 4.79 Å². The van der Waals surface area contributed by atoms with E-state index in [1.165, 1.54) is 18.2 Å². The second-order valence-corrected chi connectivity index (χ2v) is 4.60. The van der Waals surface area contributed by atoms with Gasteiger partial charge in [-0.05, 0) is 18.1 Å². The number of carbonyl (C=O) groups excluding carboxylic acids is 1. The number of hydrogen-bond acceptors (Lipinski definition) is 4. The van der Waals surface area contributed by atoms with Crippen molar-refractivity contribution < 1.29 is 9.53 Å². The lowest BCUT2D eigenvalue weighted by atomic mass is 10.1. The van der Waals surface area contributed by atoms with E-state index in [0.29, 0.717) is 5.75 Å². The minimum atomic E-state index is -0.529. The summed E-state index contributed by atoms with van der Waals surface area (Å²) in [6.07, 6.45) is 0. The van der Waals surface area contributed by atoms with E-state index < -0.39 is 6.04 Å². The predicted molar refractivity (Wildman–Crippen MR) is 67.3 cm³/mol. The van der Waals surface area contributed by atoms with Crippen LogP contribution in [-0.2, 0) is 15.3 Å². The van der Waals surface area contributed by atoms with Crippen LogP contribution in [0.5, 0.6) is 0 Å². The number of methoxy groups -OCH3 is 1. The van der Waals surface area contributed by atoms with Crippen molar-refractivity contribution >= 4 is 17.7 Å². The molecule has 0 saturated heterocycles. The summed E-state index contributed by atoms with van der Waals surface area (Å²) in [5.41, 5.74) is 8.18. The highest BCUT2D eigenvalue weighted by Gasteiger charge is 2.13. The van der Waals surface area contributed by atoms with E-state index >= 15 is 0 Å². The number of rotatable bonds is 5. The van der Waals surface area contributed by atoms with Gasteiger partial charge in [-0.25, -0.2) is 0 Å². The second-order valence-electron chi connectivity index (χ2n) is 3.57. The molecule has 0 spiro atoms. The summed E-state index contributed by atoms with van der Waals surface area (Å²) >= 11 is 1.65. The van der Waals surface area contributed by atoms with Crippen molar-refractivity contribution in [1.29, 1.82) is 0 Å². The van der Waals surface area contributed by atoms with E-state index in [-0.39, 0.29) is 5.97 Å². The van der Waals surface area contributed by atoms with Crippen LogP contribution in [0, 0.1) is 6.92 Å². The fraction of sp³-hybridized carbons (Fsp3) is 0.417. The molecule has 0 aliphatic carbocycles. The third-order valence-corrected chi connectivity index (χ3v) is 3.43. The van der Waals surface area contributed by atoms with Crippen molar-refractivity contribution in [3.63, 3.8) is 0 Å². The highest BCUT2D eigenvalue weighted by molar-refractivity contribution is 7.98. The molecule has 0 saturated carbocycles. The minimum Gasteiger partial charge on any atom is -0.468 e. The molecule has 0 amide bonds. The molecule has 2 N–H and O–H groups in total. The van der Waals surface area contributed by atoms with E-state index in [2.05, 4.69) is 23.8 Å².